The maximum Gasteiger partial charge on any atom is 0.250 e. The Morgan fingerprint density at radius 1 is 1.35 bits per heavy atom. The predicted octanol–water partition coefficient (Wildman–Crippen LogP) is 3.92. The van der Waals surface area contributed by atoms with Gasteiger partial charge in [-0.15, -0.1) is 11.6 Å². The Morgan fingerprint density at radius 2 is 2.12 bits per heavy atom. The quantitative estimate of drug-likeness (QED) is 0.763. The molecular formula is C13H17ClFNO. The molecule has 0 N–H and O–H groups in total. The Bertz CT molecular complexity index is 366. The fourth-order valence-electron chi connectivity index (χ4n) is 2.22. The topological polar surface area (TPSA) is 22.1 Å². The van der Waals surface area contributed by atoms with Crippen molar-refractivity contribution in [2.24, 2.45) is 5.92 Å². The van der Waals surface area contributed by atoms with Crippen LogP contribution in [0.25, 0.3) is 0 Å². The molecule has 1 aromatic heterocycles. The lowest BCUT2D eigenvalue weighted by atomic mass is 9.90. The predicted molar refractivity (Wildman–Crippen MR) is 65.8 cm³/mol. The molecule has 0 saturated heterocycles. The Kier molecular flexibility index (Phi) is 4.60. The van der Waals surface area contributed by atoms with Gasteiger partial charge < -0.3 is 4.74 Å². The van der Waals surface area contributed by atoms with Crippen molar-refractivity contribution in [3.8, 4) is 5.88 Å². The van der Waals surface area contributed by atoms with E-state index < -0.39 is 5.82 Å². The summed E-state index contributed by atoms with van der Waals surface area (Å²) in [5.74, 6) is 0.366. The van der Waals surface area contributed by atoms with Crippen LogP contribution in [0.3, 0.4) is 0 Å². The van der Waals surface area contributed by atoms with Crippen LogP contribution in [0.5, 0.6) is 5.88 Å². The summed E-state index contributed by atoms with van der Waals surface area (Å²) < 4.78 is 19.2. The van der Waals surface area contributed by atoms with E-state index in [9.17, 15) is 4.39 Å². The van der Waals surface area contributed by atoms with E-state index in [1.54, 1.807) is 6.07 Å². The first kappa shape index (κ1) is 12.6. The third kappa shape index (κ3) is 3.32. The van der Waals surface area contributed by atoms with Crippen molar-refractivity contribution in [2.75, 3.05) is 6.61 Å². The van der Waals surface area contributed by atoms with Crippen molar-refractivity contribution in [1.29, 1.82) is 0 Å². The molecule has 94 valence electrons. The van der Waals surface area contributed by atoms with Gasteiger partial charge in [0.1, 0.15) is 0 Å². The summed E-state index contributed by atoms with van der Waals surface area (Å²) in [6, 6.07) is 1.58. The van der Waals surface area contributed by atoms with Crippen LogP contribution in [0.15, 0.2) is 12.3 Å². The SMILES string of the molecule is Fc1c(CCl)ccnc1OCC1CCCCC1. The molecule has 1 aliphatic rings. The van der Waals surface area contributed by atoms with Gasteiger partial charge in [0.15, 0.2) is 5.82 Å². The molecule has 0 aromatic carbocycles. The number of halogens is 2. The maximum absolute atomic E-state index is 13.8. The fourth-order valence-corrected chi connectivity index (χ4v) is 2.42. The summed E-state index contributed by atoms with van der Waals surface area (Å²) >= 11 is 5.63. The van der Waals surface area contributed by atoms with Crippen LogP contribution in [0.4, 0.5) is 4.39 Å². The summed E-state index contributed by atoms with van der Waals surface area (Å²) in [5.41, 5.74) is 0.445. The van der Waals surface area contributed by atoms with Crippen LogP contribution in [-0.2, 0) is 5.88 Å². The normalized spacial score (nSPS) is 17.1. The standard InChI is InChI=1S/C13H17ClFNO/c14-8-11-6-7-16-13(12(11)15)17-9-10-4-2-1-3-5-10/h6-7,10H,1-5,8-9H2. The van der Waals surface area contributed by atoms with Gasteiger partial charge in [-0.1, -0.05) is 19.3 Å². The van der Waals surface area contributed by atoms with Gasteiger partial charge in [-0.2, -0.15) is 0 Å². The second-order valence-corrected chi connectivity index (χ2v) is 4.81. The highest BCUT2D eigenvalue weighted by Gasteiger charge is 2.16. The van der Waals surface area contributed by atoms with Gasteiger partial charge >= 0.3 is 0 Å². The number of pyridine rings is 1. The van der Waals surface area contributed by atoms with Gasteiger partial charge in [-0.3, -0.25) is 0 Å². The number of rotatable bonds is 4. The molecule has 2 rings (SSSR count). The third-order valence-corrected chi connectivity index (χ3v) is 3.55. The van der Waals surface area contributed by atoms with Gasteiger partial charge in [0.05, 0.1) is 12.5 Å². The summed E-state index contributed by atoms with van der Waals surface area (Å²) in [7, 11) is 0. The molecule has 2 nitrogen and oxygen atoms in total. The molecule has 1 heterocycles. The van der Waals surface area contributed by atoms with E-state index in [0.717, 1.165) is 0 Å². The van der Waals surface area contributed by atoms with E-state index in [2.05, 4.69) is 4.98 Å². The van der Waals surface area contributed by atoms with Crippen molar-refractivity contribution in [1.82, 2.24) is 4.98 Å². The lowest BCUT2D eigenvalue weighted by Crippen LogP contribution is -2.16. The van der Waals surface area contributed by atoms with E-state index in [4.69, 9.17) is 16.3 Å². The van der Waals surface area contributed by atoms with Gasteiger partial charge in [-0.25, -0.2) is 9.37 Å². The largest absolute Gasteiger partial charge is 0.475 e. The average molecular weight is 258 g/mol. The van der Waals surface area contributed by atoms with Gasteiger partial charge in [0.25, 0.3) is 5.88 Å². The first-order valence-electron chi connectivity index (χ1n) is 6.13. The van der Waals surface area contributed by atoms with Crippen LogP contribution >= 0.6 is 11.6 Å². The number of aromatic nitrogens is 1. The molecular weight excluding hydrogens is 241 g/mol. The van der Waals surface area contributed by atoms with Crippen molar-refractivity contribution >= 4 is 11.6 Å². The number of hydrogen-bond acceptors (Lipinski definition) is 2. The second-order valence-electron chi connectivity index (χ2n) is 4.54. The summed E-state index contributed by atoms with van der Waals surface area (Å²) in [4.78, 5) is 3.92. The maximum atomic E-state index is 13.8. The molecule has 17 heavy (non-hydrogen) atoms. The van der Waals surface area contributed by atoms with Gasteiger partial charge in [0, 0.05) is 11.8 Å². The van der Waals surface area contributed by atoms with Crippen molar-refractivity contribution in [3.05, 3.63) is 23.6 Å². The summed E-state index contributed by atoms with van der Waals surface area (Å²) in [6.07, 6.45) is 7.72. The third-order valence-electron chi connectivity index (χ3n) is 3.26. The molecule has 0 bridgehead atoms. The molecule has 0 unspecified atom stereocenters. The Labute approximate surface area is 106 Å². The highest BCUT2D eigenvalue weighted by atomic mass is 35.5. The van der Waals surface area contributed by atoms with E-state index in [1.165, 1.54) is 38.3 Å². The molecule has 0 spiro atoms. The zero-order valence-electron chi connectivity index (χ0n) is 9.79. The highest BCUT2D eigenvalue weighted by molar-refractivity contribution is 6.17. The number of ether oxygens (including phenoxy) is 1. The Balaban J connectivity index is 1.93. The van der Waals surface area contributed by atoms with Crippen LogP contribution in [0, 0.1) is 11.7 Å². The van der Waals surface area contributed by atoms with Gasteiger partial charge in [-0.05, 0) is 24.8 Å². The minimum Gasteiger partial charge on any atom is -0.475 e. The number of hydrogen-bond donors (Lipinski definition) is 0. The molecule has 0 amide bonds. The molecule has 4 heteroatoms. The first-order valence-corrected chi connectivity index (χ1v) is 6.67. The molecule has 0 atom stereocenters. The molecule has 1 saturated carbocycles. The zero-order chi connectivity index (χ0) is 12.1. The monoisotopic (exact) mass is 257 g/mol. The summed E-state index contributed by atoms with van der Waals surface area (Å²) in [6.45, 7) is 0.565. The average Bonchev–Trinajstić information content (AvgIpc) is 2.39. The van der Waals surface area contributed by atoms with E-state index in [1.807, 2.05) is 0 Å². The van der Waals surface area contributed by atoms with Crippen LogP contribution in [0.1, 0.15) is 37.7 Å². The molecule has 0 aliphatic heterocycles. The second kappa shape index (κ2) is 6.20. The Morgan fingerprint density at radius 3 is 2.82 bits per heavy atom. The fraction of sp³-hybridized carbons (Fsp3) is 0.615. The van der Waals surface area contributed by atoms with E-state index in [-0.39, 0.29) is 11.8 Å². The molecule has 0 radical (unpaired) electrons. The van der Waals surface area contributed by atoms with Crippen molar-refractivity contribution in [3.63, 3.8) is 0 Å². The van der Waals surface area contributed by atoms with Crippen LogP contribution < -0.4 is 4.74 Å². The zero-order valence-corrected chi connectivity index (χ0v) is 10.5. The Hall–Kier alpha value is -0.830. The highest BCUT2D eigenvalue weighted by Crippen LogP contribution is 2.25. The van der Waals surface area contributed by atoms with Crippen LogP contribution in [0.2, 0.25) is 0 Å². The molecule has 1 fully saturated rings. The van der Waals surface area contributed by atoms with Crippen molar-refractivity contribution < 1.29 is 9.13 Å². The summed E-state index contributed by atoms with van der Waals surface area (Å²) in [5, 5.41) is 0. The molecule has 1 aliphatic carbocycles. The number of nitrogens with zero attached hydrogens (tertiary/aromatic N) is 1. The minimum atomic E-state index is -0.418. The smallest absolute Gasteiger partial charge is 0.250 e. The lowest BCUT2D eigenvalue weighted by Gasteiger charge is -2.21. The van der Waals surface area contributed by atoms with Crippen LogP contribution in [-0.4, -0.2) is 11.6 Å². The van der Waals surface area contributed by atoms with Gasteiger partial charge in [0.2, 0.25) is 0 Å². The van der Waals surface area contributed by atoms with E-state index >= 15 is 0 Å². The lowest BCUT2D eigenvalue weighted by molar-refractivity contribution is 0.195. The minimum absolute atomic E-state index is 0.0914. The van der Waals surface area contributed by atoms with E-state index in [0.29, 0.717) is 18.1 Å². The number of alkyl halides is 1. The van der Waals surface area contributed by atoms with Crippen molar-refractivity contribution in [2.45, 2.75) is 38.0 Å². The molecule has 1 aromatic rings. The first-order chi connectivity index (χ1) is 8.31.